The van der Waals surface area contributed by atoms with Gasteiger partial charge in [-0.3, -0.25) is 9.69 Å². The van der Waals surface area contributed by atoms with Crippen molar-refractivity contribution in [3.8, 4) is 0 Å². The van der Waals surface area contributed by atoms with Crippen molar-refractivity contribution in [3.05, 3.63) is 35.9 Å². The Labute approximate surface area is 144 Å². The maximum Gasteiger partial charge on any atom is 0.222 e. The first-order valence-corrected chi connectivity index (χ1v) is 9.46. The van der Waals surface area contributed by atoms with Crippen molar-refractivity contribution in [1.82, 2.24) is 9.80 Å². The first-order chi connectivity index (χ1) is 11.8. The number of carbonyl (C=O) groups is 1. The van der Waals surface area contributed by atoms with Crippen LogP contribution in [0.4, 0.5) is 0 Å². The molecule has 0 saturated carbocycles. The maximum atomic E-state index is 12.6. The summed E-state index contributed by atoms with van der Waals surface area (Å²) >= 11 is 0. The van der Waals surface area contributed by atoms with E-state index >= 15 is 0 Å². The molecule has 0 spiro atoms. The molecule has 0 unspecified atom stereocenters. The zero-order chi connectivity index (χ0) is 16.4. The van der Waals surface area contributed by atoms with Crippen molar-refractivity contribution in [3.63, 3.8) is 0 Å². The second-order valence-electron chi connectivity index (χ2n) is 7.52. The highest BCUT2D eigenvalue weighted by Crippen LogP contribution is 2.33. The molecular formula is C20H28N2O2. The molecule has 0 N–H and O–H groups in total. The highest BCUT2D eigenvalue weighted by Gasteiger charge is 2.43. The van der Waals surface area contributed by atoms with Crippen LogP contribution >= 0.6 is 0 Å². The van der Waals surface area contributed by atoms with Crippen LogP contribution < -0.4 is 0 Å². The fraction of sp³-hybridized carbons (Fsp3) is 0.650. The summed E-state index contributed by atoms with van der Waals surface area (Å²) in [5, 5.41) is 0. The van der Waals surface area contributed by atoms with Crippen molar-refractivity contribution < 1.29 is 9.53 Å². The van der Waals surface area contributed by atoms with Crippen LogP contribution in [-0.2, 0) is 16.1 Å². The zero-order valence-corrected chi connectivity index (χ0v) is 14.4. The summed E-state index contributed by atoms with van der Waals surface area (Å²) in [5.41, 5.74) is 1.38. The molecule has 0 aliphatic carbocycles. The summed E-state index contributed by atoms with van der Waals surface area (Å²) < 4.78 is 5.47. The third-order valence-corrected chi connectivity index (χ3v) is 6.02. The average Bonchev–Trinajstić information content (AvgIpc) is 3.02. The van der Waals surface area contributed by atoms with Crippen LogP contribution in [0, 0.1) is 5.92 Å². The van der Waals surface area contributed by atoms with Gasteiger partial charge in [0.1, 0.15) is 0 Å². The molecule has 4 nitrogen and oxygen atoms in total. The largest absolute Gasteiger partial charge is 0.381 e. The number of hydrogen-bond donors (Lipinski definition) is 0. The molecule has 3 heterocycles. The number of benzene rings is 1. The highest BCUT2D eigenvalue weighted by molar-refractivity contribution is 5.77. The Morgan fingerprint density at radius 1 is 1.00 bits per heavy atom. The van der Waals surface area contributed by atoms with Crippen LogP contribution in [0.5, 0.6) is 0 Å². The highest BCUT2D eigenvalue weighted by atomic mass is 16.5. The molecule has 1 aromatic carbocycles. The van der Waals surface area contributed by atoms with Crippen LogP contribution in [0.2, 0.25) is 0 Å². The maximum absolute atomic E-state index is 12.6. The van der Waals surface area contributed by atoms with Crippen molar-refractivity contribution >= 4 is 5.91 Å². The van der Waals surface area contributed by atoms with Gasteiger partial charge in [-0.1, -0.05) is 30.3 Å². The number of amides is 1. The van der Waals surface area contributed by atoms with Crippen molar-refractivity contribution in [1.29, 1.82) is 0 Å². The first-order valence-electron chi connectivity index (χ1n) is 9.46. The minimum atomic E-state index is 0.379. The van der Waals surface area contributed by atoms with E-state index in [9.17, 15) is 4.79 Å². The van der Waals surface area contributed by atoms with E-state index in [0.717, 1.165) is 65.0 Å². The number of fused-ring (bicyclic) bond motifs is 1. The van der Waals surface area contributed by atoms with Crippen molar-refractivity contribution in [2.24, 2.45) is 5.92 Å². The van der Waals surface area contributed by atoms with E-state index < -0.39 is 0 Å². The molecule has 3 aliphatic rings. The minimum absolute atomic E-state index is 0.379. The van der Waals surface area contributed by atoms with Crippen LogP contribution in [0.1, 0.15) is 37.7 Å². The number of likely N-dealkylation sites (tertiary alicyclic amines) is 2. The van der Waals surface area contributed by atoms with E-state index in [1.54, 1.807) is 0 Å². The van der Waals surface area contributed by atoms with E-state index in [0.29, 0.717) is 23.9 Å². The van der Waals surface area contributed by atoms with E-state index in [-0.39, 0.29) is 0 Å². The number of carbonyl (C=O) groups excluding carboxylic acids is 1. The molecule has 0 radical (unpaired) electrons. The molecule has 4 rings (SSSR count). The zero-order valence-electron chi connectivity index (χ0n) is 14.4. The molecule has 24 heavy (non-hydrogen) atoms. The molecule has 130 valence electrons. The van der Waals surface area contributed by atoms with Gasteiger partial charge < -0.3 is 9.64 Å². The minimum Gasteiger partial charge on any atom is -0.381 e. The lowest BCUT2D eigenvalue weighted by atomic mass is 9.92. The molecule has 3 aliphatic heterocycles. The van der Waals surface area contributed by atoms with Crippen LogP contribution in [0.25, 0.3) is 0 Å². The van der Waals surface area contributed by atoms with Crippen LogP contribution in [0.15, 0.2) is 30.3 Å². The van der Waals surface area contributed by atoms with Gasteiger partial charge in [0.25, 0.3) is 0 Å². The topological polar surface area (TPSA) is 32.8 Å². The lowest BCUT2D eigenvalue weighted by Crippen LogP contribution is -2.53. The standard InChI is InChI=1S/C20H28N2O2/c23-20-7-6-18-19(22(20)15-17-9-12-24-13-10-17)8-11-21(18)14-16-4-2-1-3-5-16/h1-5,17-19H,6-15H2/t18-,19-/m0/s1. The Balaban J connectivity index is 1.42. The van der Waals surface area contributed by atoms with Gasteiger partial charge in [-0.25, -0.2) is 0 Å². The Morgan fingerprint density at radius 3 is 2.58 bits per heavy atom. The number of piperidine rings is 1. The molecular weight excluding hydrogens is 300 g/mol. The van der Waals surface area contributed by atoms with Gasteiger partial charge in [-0.2, -0.15) is 0 Å². The molecule has 1 amide bonds. The van der Waals surface area contributed by atoms with Gasteiger partial charge >= 0.3 is 0 Å². The fourth-order valence-corrected chi connectivity index (χ4v) is 4.70. The summed E-state index contributed by atoms with van der Waals surface area (Å²) in [4.78, 5) is 17.4. The first kappa shape index (κ1) is 16.1. The quantitative estimate of drug-likeness (QED) is 0.852. The molecule has 0 bridgehead atoms. The summed E-state index contributed by atoms with van der Waals surface area (Å²) in [5.74, 6) is 1.01. The molecule has 4 heteroatoms. The van der Waals surface area contributed by atoms with Gasteiger partial charge in [-0.05, 0) is 37.2 Å². The van der Waals surface area contributed by atoms with Crippen molar-refractivity contribution in [2.75, 3.05) is 26.3 Å². The van der Waals surface area contributed by atoms with E-state index in [1.807, 2.05) is 0 Å². The summed E-state index contributed by atoms with van der Waals surface area (Å²) in [6, 6.07) is 11.7. The van der Waals surface area contributed by atoms with Gasteiger partial charge in [0.15, 0.2) is 0 Å². The van der Waals surface area contributed by atoms with Gasteiger partial charge in [0.2, 0.25) is 5.91 Å². The van der Waals surface area contributed by atoms with E-state index in [4.69, 9.17) is 4.74 Å². The van der Waals surface area contributed by atoms with Crippen LogP contribution in [-0.4, -0.2) is 54.1 Å². The number of rotatable bonds is 4. The lowest BCUT2D eigenvalue weighted by molar-refractivity contribution is -0.139. The molecule has 3 saturated heterocycles. The summed E-state index contributed by atoms with van der Waals surface area (Å²) in [6.45, 7) is 4.80. The molecule has 0 aromatic heterocycles. The monoisotopic (exact) mass is 328 g/mol. The third-order valence-electron chi connectivity index (χ3n) is 6.02. The average molecular weight is 328 g/mol. The van der Waals surface area contributed by atoms with Gasteiger partial charge in [0, 0.05) is 51.4 Å². The Bertz CT molecular complexity index is 556. The summed E-state index contributed by atoms with van der Waals surface area (Å²) in [7, 11) is 0. The summed E-state index contributed by atoms with van der Waals surface area (Å²) in [6.07, 6.45) is 5.09. The predicted molar refractivity (Wildman–Crippen MR) is 93.5 cm³/mol. The molecule has 2 atom stereocenters. The Morgan fingerprint density at radius 2 is 1.79 bits per heavy atom. The molecule has 3 fully saturated rings. The van der Waals surface area contributed by atoms with Crippen LogP contribution in [0.3, 0.4) is 0 Å². The van der Waals surface area contributed by atoms with Gasteiger partial charge in [-0.15, -0.1) is 0 Å². The van der Waals surface area contributed by atoms with Gasteiger partial charge in [0.05, 0.1) is 0 Å². The number of hydrogen-bond acceptors (Lipinski definition) is 3. The normalized spacial score (nSPS) is 29.0. The number of ether oxygens (including phenoxy) is 1. The third kappa shape index (κ3) is 3.35. The SMILES string of the molecule is O=C1CC[C@H]2[C@H](CCN2Cc2ccccc2)N1CC1CCOCC1. The molecule has 1 aromatic rings. The van der Waals surface area contributed by atoms with E-state index in [2.05, 4.69) is 40.1 Å². The second kappa shape index (κ2) is 7.24. The van der Waals surface area contributed by atoms with E-state index in [1.165, 1.54) is 5.56 Å². The lowest BCUT2D eigenvalue weighted by Gasteiger charge is -2.42. The van der Waals surface area contributed by atoms with Crippen molar-refractivity contribution in [2.45, 2.75) is 50.7 Å². The smallest absolute Gasteiger partial charge is 0.222 e. The second-order valence-corrected chi connectivity index (χ2v) is 7.52. The predicted octanol–water partition coefficient (Wildman–Crippen LogP) is 2.68. The Hall–Kier alpha value is -1.39. The Kier molecular flexibility index (Phi) is 4.86. The fourth-order valence-electron chi connectivity index (χ4n) is 4.70. The number of nitrogens with zero attached hydrogens (tertiary/aromatic N) is 2.